The number of rotatable bonds is 8. The van der Waals surface area contributed by atoms with Gasteiger partial charge in [-0.3, -0.25) is 4.79 Å². The van der Waals surface area contributed by atoms with Crippen molar-refractivity contribution < 1.29 is 17.9 Å². The lowest BCUT2D eigenvalue weighted by atomic mass is 10.2. The van der Waals surface area contributed by atoms with Crippen LogP contribution in [0.5, 0.6) is 5.75 Å². The minimum atomic E-state index is -3.57. The summed E-state index contributed by atoms with van der Waals surface area (Å²) in [5.74, 6) is 0.349. The summed E-state index contributed by atoms with van der Waals surface area (Å²) in [5, 5.41) is 2.69. The van der Waals surface area contributed by atoms with Gasteiger partial charge in [-0.2, -0.15) is 4.31 Å². The molecule has 0 aromatic heterocycles. The van der Waals surface area contributed by atoms with Crippen molar-refractivity contribution in [3.63, 3.8) is 0 Å². The second-order valence-electron chi connectivity index (χ2n) is 5.72. The van der Waals surface area contributed by atoms with E-state index >= 15 is 0 Å². The molecule has 0 saturated carbocycles. The van der Waals surface area contributed by atoms with Gasteiger partial charge >= 0.3 is 0 Å². The molecule has 0 heterocycles. The Morgan fingerprint density at radius 1 is 1.11 bits per heavy atom. The van der Waals surface area contributed by atoms with E-state index in [1.165, 1.54) is 22.5 Å². The number of benzene rings is 2. The molecule has 2 aromatic rings. The highest BCUT2D eigenvalue weighted by molar-refractivity contribution is 7.89. The highest BCUT2D eigenvalue weighted by Gasteiger charge is 2.21. The molecule has 2 rings (SSSR count). The fourth-order valence-corrected chi connectivity index (χ4v) is 4.05. The van der Waals surface area contributed by atoms with Gasteiger partial charge < -0.3 is 10.1 Å². The molecule has 1 N–H and O–H groups in total. The van der Waals surface area contributed by atoms with E-state index in [4.69, 9.17) is 4.74 Å². The van der Waals surface area contributed by atoms with Crippen molar-refractivity contribution in [2.24, 2.45) is 0 Å². The summed E-state index contributed by atoms with van der Waals surface area (Å²) in [4.78, 5) is 12.3. The molecule has 0 radical (unpaired) electrons. The smallest absolute Gasteiger partial charge is 0.248 e. The molecule has 0 fully saturated rings. The lowest BCUT2D eigenvalue weighted by molar-refractivity contribution is -0.111. The highest BCUT2D eigenvalue weighted by Crippen LogP contribution is 2.20. The summed E-state index contributed by atoms with van der Waals surface area (Å²) in [5.41, 5.74) is 1.24. The summed E-state index contributed by atoms with van der Waals surface area (Å²) in [6.45, 7) is 4.35. The van der Waals surface area contributed by atoms with Crippen LogP contribution in [0.4, 0.5) is 5.69 Å². The molecule has 0 aliphatic rings. The van der Waals surface area contributed by atoms with Crippen LogP contribution in [0.3, 0.4) is 0 Å². The van der Waals surface area contributed by atoms with Crippen LogP contribution in [0.25, 0.3) is 6.08 Å². The van der Waals surface area contributed by atoms with Gasteiger partial charge in [-0.25, -0.2) is 8.42 Å². The second kappa shape index (κ2) is 9.34. The van der Waals surface area contributed by atoms with Crippen LogP contribution < -0.4 is 10.1 Å². The zero-order chi connectivity index (χ0) is 19.9. The van der Waals surface area contributed by atoms with Crippen molar-refractivity contribution in [3.05, 3.63) is 60.2 Å². The first-order valence-corrected chi connectivity index (χ1v) is 10.1. The molecule has 144 valence electrons. The first-order chi connectivity index (χ1) is 12.9. The maximum atomic E-state index is 12.6. The van der Waals surface area contributed by atoms with Gasteiger partial charge in [-0.05, 0) is 42.0 Å². The van der Waals surface area contributed by atoms with Gasteiger partial charge in [0.15, 0.2) is 0 Å². The monoisotopic (exact) mass is 388 g/mol. The van der Waals surface area contributed by atoms with Gasteiger partial charge in [0.2, 0.25) is 15.9 Å². The number of anilines is 1. The Morgan fingerprint density at radius 3 is 2.48 bits per heavy atom. The number of carbonyl (C=O) groups excluding carboxylic acids is 1. The Hall–Kier alpha value is -2.64. The minimum Gasteiger partial charge on any atom is -0.497 e. The largest absolute Gasteiger partial charge is 0.497 e. The van der Waals surface area contributed by atoms with E-state index in [0.29, 0.717) is 24.5 Å². The molecule has 27 heavy (non-hydrogen) atoms. The molecule has 2 aromatic carbocycles. The van der Waals surface area contributed by atoms with E-state index in [0.717, 1.165) is 5.56 Å². The van der Waals surface area contributed by atoms with Crippen molar-refractivity contribution in [2.45, 2.75) is 18.7 Å². The molecule has 0 bridgehead atoms. The van der Waals surface area contributed by atoms with E-state index in [-0.39, 0.29) is 10.8 Å². The Balaban J connectivity index is 2.13. The standard InChI is InChI=1S/C20H24N2O4S/c1-4-22(5-2)27(24,25)19-11-7-9-17(15-19)21-20(23)13-12-16-8-6-10-18(14-16)26-3/h6-15H,4-5H2,1-3H3,(H,21,23)/b13-12+. The number of ether oxygens (including phenoxy) is 1. The highest BCUT2D eigenvalue weighted by atomic mass is 32.2. The summed E-state index contributed by atoms with van der Waals surface area (Å²) in [6.07, 6.45) is 3.05. The lowest BCUT2D eigenvalue weighted by Gasteiger charge is -2.18. The number of methoxy groups -OCH3 is 1. The van der Waals surface area contributed by atoms with E-state index in [1.807, 2.05) is 18.2 Å². The SMILES string of the molecule is CCN(CC)S(=O)(=O)c1cccc(NC(=O)/C=C/c2cccc(OC)c2)c1. The average Bonchev–Trinajstić information content (AvgIpc) is 2.67. The molecule has 7 heteroatoms. The second-order valence-corrected chi connectivity index (χ2v) is 7.65. The molecule has 0 aliphatic carbocycles. The molecule has 6 nitrogen and oxygen atoms in total. The van der Waals surface area contributed by atoms with E-state index in [1.54, 1.807) is 45.2 Å². The molecular formula is C20H24N2O4S. The van der Waals surface area contributed by atoms with E-state index in [2.05, 4.69) is 5.32 Å². The van der Waals surface area contributed by atoms with Gasteiger partial charge in [0.25, 0.3) is 0 Å². The minimum absolute atomic E-state index is 0.153. The van der Waals surface area contributed by atoms with E-state index < -0.39 is 10.0 Å². The molecule has 0 spiro atoms. The van der Waals surface area contributed by atoms with Crippen LogP contribution >= 0.6 is 0 Å². The zero-order valence-electron chi connectivity index (χ0n) is 15.7. The Bertz CT molecular complexity index is 919. The number of nitrogens with zero attached hydrogens (tertiary/aromatic N) is 1. The third-order valence-electron chi connectivity index (χ3n) is 3.97. The lowest BCUT2D eigenvalue weighted by Crippen LogP contribution is -2.30. The van der Waals surface area contributed by atoms with Gasteiger partial charge in [-0.1, -0.05) is 32.0 Å². The maximum Gasteiger partial charge on any atom is 0.248 e. The van der Waals surface area contributed by atoms with Gasteiger partial charge in [0, 0.05) is 24.9 Å². The summed E-state index contributed by atoms with van der Waals surface area (Å²) in [7, 11) is -1.99. The van der Waals surface area contributed by atoms with Crippen LogP contribution in [0.2, 0.25) is 0 Å². The molecule has 0 atom stereocenters. The van der Waals surface area contributed by atoms with Crippen LogP contribution in [-0.2, 0) is 14.8 Å². The van der Waals surface area contributed by atoms with Crippen molar-refractivity contribution in [1.82, 2.24) is 4.31 Å². The number of sulfonamides is 1. The predicted molar refractivity (Wildman–Crippen MR) is 107 cm³/mol. The normalized spacial score (nSPS) is 11.7. The van der Waals surface area contributed by atoms with Crippen molar-refractivity contribution >= 4 is 27.7 Å². The molecule has 0 saturated heterocycles. The Kier molecular flexibility index (Phi) is 7.15. The fraction of sp³-hybridized carbons (Fsp3) is 0.250. The molecule has 0 unspecified atom stereocenters. The Labute approximate surface area is 160 Å². The molecule has 0 aliphatic heterocycles. The van der Waals surface area contributed by atoms with Crippen LogP contribution in [-0.4, -0.2) is 38.8 Å². The third-order valence-corrected chi connectivity index (χ3v) is 6.01. The number of hydrogen-bond donors (Lipinski definition) is 1. The van der Waals surface area contributed by atoms with Gasteiger partial charge in [0.05, 0.1) is 12.0 Å². The summed E-state index contributed by atoms with van der Waals surface area (Å²) >= 11 is 0. The molecule has 1 amide bonds. The third kappa shape index (κ3) is 5.42. The fourth-order valence-electron chi connectivity index (χ4n) is 2.55. The van der Waals surface area contributed by atoms with Crippen LogP contribution in [0.15, 0.2) is 59.5 Å². The van der Waals surface area contributed by atoms with Crippen molar-refractivity contribution in [1.29, 1.82) is 0 Å². The van der Waals surface area contributed by atoms with Crippen molar-refractivity contribution in [2.75, 3.05) is 25.5 Å². The topological polar surface area (TPSA) is 75.7 Å². The first kappa shape index (κ1) is 20.7. The summed E-state index contributed by atoms with van der Waals surface area (Å²) in [6, 6.07) is 13.6. The van der Waals surface area contributed by atoms with Gasteiger partial charge in [-0.15, -0.1) is 0 Å². The number of nitrogens with one attached hydrogen (secondary N) is 1. The predicted octanol–water partition coefficient (Wildman–Crippen LogP) is 3.38. The van der Waals surface area contributed by atoms with Crippen LogP contribution in [0.1, 0.15) is 19.4 Å². The van der Waals surface area contributed by atoms with Gasteiger partial charge in [0.1, 0.15) is 5.75 Å². The number of carbonyl (C=O) groups is 1. The average molecular weight is 388 g/mol. The number of hydrogen-bond acceptors (Lipinski definition) is 4. The molecular weight excluding hydrogens is 364 g/mol. The zero-order valence-corrected chi connectivity index (χ0v) is 16.5. The quantitative estimate of drug-likeness (QED) is 0.704. The number of amides is 1. The van der Waals surface area contributed by atoms with Crippen molar-refractivity contribution in [3.8, 4) is 5.75 Å². The first-order valence-electron chi connectivity index (χ1n) is 8.64. The summed E-state index contributed by atoms with van der Waals surface area (Å²) < 4.78 is 31.7. The van der Waals surface area contributed by atoms with Crippen LogP contribution in [0, 0.1) is 0 Å². The van der Waals surface area contributed by atoms with E-state index in [9.17, 15) is 13.2 Å². The Morgan fingerprint density at radius 2 is 1.81 bits per heavy atom. The maximum absolute atomic E-state index is 12.6.